The van der Waals surface area contributed by atoms with Gasteiger partial charge < -0.3 is 14.9 Å². The Balaban J connectivity index is 1.77. The summed E-state index contributed by atoms with van der Waals surface area (Å²) < 4.78 is 5.25. The average Bonchev–Trinajstić information content (AvgIpc) is 2.46. The van der Waals surface area contributed by atoms with Gasteiger partial charge in [0.2, 0.25) is 0 Å². The molecule has 4 nitrogen and oxygen atoms in total. The summed E-state index contributed by atoms with van der Waals surface area (Å²) >= 11 is 0. The van der Waals surface area contributed by atoms with Crippen LogP contribution >= 0.6 is 0 Å². The van der Waals surface area contributed by atoms with Gasteiger partial charge in [-0.15, -0.1) is 0 Å². The summed E-state index contributed by atoms with van der Waals surface area (Å²) in [4.78, 5) is 11.8. The molecule has 21 heavy (non-hydrogen) atoms. The fraction of sp³-hybridized carbons (Fsp3) is 0.353. The lowest BCUT2D eigenvalue weighted by molar-refractivity contribution is -0.125. The Hall–Kier alpha value is -1.75. The summed E-state index contributed by atoms with van der Waals surface area (Å²) in [6.07, 6.45) is 5.72. The number of carbonyl (C=O) groups is 1. The van der Waals surface area contributed by atoms with Crippen LogP contribution in [0.2, 0.25) is 0 Å². The maximum absolute atomic E-state index is 11.8. The van der Waals surface area contributed by atoms with E-state index in [0.29, 0.717) is 12.8 Å². The highest BCUT2D eigenvalue weighted by Gasteiger charge is 2.20. The molecular weight excluding hydrogens is 268 g/mol. The highest BCUT2D eigenvalue weighted by Crippen LogP contribution is 2.17. The molecule has 1 heterocycles. The van der Waals surface area contributed by atoms with Crippen LogP contribution < -0.4 is 0 Å². The Morgan fingerprint density at radius 2 is 2.14 bits per heavy atom. The van der Waals surface area contributed by atoms with Gasteiger partial charge in [-0.2, -0.15) is 0 Å². The first-order valence-electron chi connectivity index (χ1n) is 7.07. The maximum Gasteiger partial charge on any atom is 0.174 e. The number of carbonyl (C=O) groups excluding carboxylic acids is 1. The molecule has 0 bridgehead atoms. The molecule has 1 aromatic rings. The van der Waals surface area contributed by atoms with Gasteiger partial charge in [0, 0.05) is 12.8 Å². The molecule has 1 aliphatic heterocycles. The number of rotatable bonds is 6. The van der Waals surface area contributed by atoms with Crippen molar-refractivity contribution in [1.82, 2.24) is 0 Å². The number of aliphatic hydroxyl groups is 2. The van der Waals surface area contributed by atoms with E-state index in [1.54, 1.807) is 12.2 Å². The van der Waals surface area contributed by atoms with Gasteiger partial charge in [0.05, 0.1) is 12.2 Å². The van der Waals surface area contributed by atoms with E-state index in [-0.39, 0.29) is 18.3 Å². The smallest absolute Gasteiger partial charge is 0.174 e. The number of hydrogen-bond acceptors (Lipinski definition) is 4. The van der Waals surface area contributed by atoms with E-state index in [9.17, 15) is 15.0 Å². The average molecular weight is 288 g/mol. The Morgan fingerprint density at radius 3 is 2.86 bits per heavy atom. The van der Waals surface area contributed by atoms with Crippen LogP contribution in [0.4, 0.5) is 0 Å². The third-order valence-electron chi connectivity index (χ3n) is 3.26. The first-order valence-corrected chi connectivity index (χ1v) is 7.07. The van der Waals surface area contributed by atoms with Crippen molar-refractivity contribution in [2.24, 2.45) is 0 Å². The van der Waals surface area contributed by atoms with Crippen molar-refractivity contribution in [3.05, 3.63) is 54.1 Å². The Bertz CT molecular complexity index is 507. The Kier molecular flexibility index (Phi) is 5.87. The predicted octanol–water partition coefficient (Wildman–Crippen LogP) is 2.07. The largest absolute Gasteiger partial charge is 0.393 e. The number of ether oxygens (including phenoxy) is 1. The number of ketones is 1. The molecule has 112 valence electrons. The van der Waals surface area contributed by atoms with E-state index >= 15 is 0 Å². The van der Waals surface area contributed by atoms with Crippen molar-refractivity contribution in [3.8, 4) is 0 Å². The van der Waals surface area contributed by atoms with Crippen LogP contribution in [0.25, 0.3) is 6.08 Å². The molecule has 0 fully saturated rings. The quantitative estimate of drug-likeness (QED) is 0.621. The fourth-order valence-electron chi connectivity index (χ4n) is 2.24. The van der Waals surface area contributed by atoms with Crippen LogP contribution in [0.5, 0.6) is 0 Å². The SMILES string of the molecule is O=C(C=Cc1ccccc1)C[C@@H](O)C[C@H]1CC=C[C@@H](O)O1. The molecule has 3 atom stereocenters. The van der Waals surface area contributed by atoms with Crippen molar-refractivity contribution in [1.29, 1.82) is 0 Å². The van der Waals surface area contributed by atoms with E-state index in [4.69, 9.17) is 4.74 Å². The molecule has 2 rings (SSSR count). The highest BCUT2D eigenvalue weighted by molar-refractivity contribution is 5.93. The van der Waals surface area contributed by atoms with Gasteiger partial charge in [-0.25, -0.2) is 0 Å². The van der Waals surface area contributed by atoms with E-state index in [1.807, 2.05) is 36.4 Å². The lowest BCUT2D eigenvalue weighted by Gasteiger charge is -2.24. The molecule has 1 aromatic carbocycles. The lowest BCUT2D eigenvalue weighted by atomic mass is 10.0. The fourth-order valence-corrected chi connectivity index (χ4v) is 2.24. The molecule has 4 heteroatoms. The summed E-state index contributed by atoms with van der Waals surface area (Å²) in [5, 5.41) is 19.2. The number of aliphatic hydroxyl groups excluding tert-OH is 2. The topological polar surface area (TPSA) is 66.8 Å². The number of allylic oxidation sites excluding steroid dienone is 1. The van der Waals surface area contributed by atoms with Crippen molar-refractivity contribution < 1.29 is 19.7 Å². The summed E-state index contributed by atoms with van der Waals surface area (Å²) in [6, 6.07) is 9.53. The first kappa shape index (κ1) is 15.6. The summed E-state index contributed by atoms with van der Waals surface area (Å²) in [7, 11) is 0. The van der Waals surface area contributed by atoms with Crippen molar-refractivity contribution in [2.45, 2.75) is 37.8 Å². The lowest BCUT2D eigenvalue weighted by Crippen LogP contribution is -2.28. The first-order chi connectivity index (χ1) is 10.1. The molecule has 0 spiro atoms. The van der Waals surface area contributed by atoms with Crippen molar-refractivity contribution >= 4 is 11.9 Å². The van der Waals surface area contributed by atoms with Crippen LogP contribution in [0.3, 0.4) is 0 Å². The Morgan fingerprint density at radius 1 is 1.38 bits per heavy atom. The van der Waals surface area contributed by atoms with Gasteiger partial charge in [0.25, 0.3) is 0 Å². The van der Waals surface area contributed by atoms with Crippen LogP contribution in [0, 0.1) is 0 Å². The third-order valence-corrected chi connectivity index (χ3v) is 3.26. The zero-order valence-electron chi connectivity index (χ0n) is 11.8. The Labute approximate surface area is 124 Å². The van der Waals surface area contributed by atoms with Crippen LogP contribution in [0.1, 0.15) is 24.8 Å². The second kappa shape index (κ2) is 7.88. The molecule has 1 aliphatic rings. The van der Waals surface area contributed by atoms with E-state index < -0.39 is 12.4 Å². The normalized spacial score (nSPS) is 23.3. The van der Waals surface area contributed by atoms with Gasteiger partial charge in [-0.3, -0.25) is 4.79 Å². The van der Waals surface area contributed by atoms with Crippen LogP contribution in [0.15, 0.2) is 48.6 Å². The van der Waals surface area contributed by atoms with Crippen LogP contribution in [-0.2, 0) is 9.53 Å². The van der Waals surface area contributed by atoms with Gasteiger partial charge in [-0.1, -0.05) is 42.5 Å². The second-order valence-corrected chi connectivity index (χ2v) is 5.12. The molecule has 0 aromatic heterocycles. The monoisotopic (exact) mass is 288 g/mol. The summed E-state index contributed by atoms with van der Waals surface area (Å²) in [5.41, 5.74) is 0.948. The number of hydrogen-bond donors (Lipinski definition) is 2. The van der Waals surface area contributed by atoms with Crippen molar-refractivity contribution in [3.63, 3.8) is 0 Å². The zero-order chi connectivity index (χ0) is 15.1. The van der Waals surface area contributed by atoms with E-state index in [1.165, 1.54) is 6.08 Å². The molecule has 0 radical (unpaired) electrons. The highest BCUT2D eigenvalue weighted by atomic mass is 16.6. The molecule has 0 aliphatic carbocycles. The standard InChI is InChI=1S/C17H20O4/c18-14(10-9-13-5-2-1-3-6-13)11-15(19)12-16-7-4-8-17(20)21-16/h1-6,8-10,15-17,19-20H,7,11-12H2/t15-,16-,17+/m1/s1. The molecule has 0 saturated carbocycles. The minimum atomic E-state index is -0.912. The third kappa shape index (κ3) is 5.63. The molecule has 0 saturated heterocycles. The summed E-state index contributed by atoms with van der Waals surface area (Å²) in [5.74, 6) is -0.127. The second-order valence-electron chi connectivity index (χ2n) is 5.12. The summed E-state index contributed by atoms with van der Waals surface area (Å²) in [6.45, 7) is 0. The van der Waals surface area contributed by atoms with Gasteiger partial charge in [0.15, 0.2) is 12.1 Å². The minimum absolute atomic E-state index is 0.0585. The molecule has 0 unspecified atom stereocenters. The molecule has 0 amide bonds. The maximum atomic E-state index is 11.8. The van der Waals surface area contributed by atoms with Gasteiger partial charge in [0.1, 0.15) is 0 Å². The van der Waals surface area contributed by atoms with E-state index in [2.05, 4.69) is 0 Å². The molecule has 2 N–H and O–H groups in total. The van der Waals surface area contributed by atoms with Gasteiger partial charge >= 0.3 is 0 Å². The predicted molar refractivity (Wildman–Crippen MR) is 80.4 cm³/mol. The van der Waals surface area contributed by atoms with E-state index in [0.717, 1.165) is 5.56 Å². The molecular formula is C17H20O4. The van der Waals surface area contributed by atoms with Crippen LogP contribution in [-0.4, -0.2) is 34.5 Å². The van der Waals surface area contributed by atoms with Crippen molar-refractivity contribution in [2.75, 3.05) is 0 Å². The van der Waals surface area contributed by atoms with Gasteiger partial charge in [-0.05, 0) is 24.1 Å². The zero-order valence-corrected chi connectivity index (χ0v) is 11.8. The minimum Gasteiger partial charge on any atom is -0.393 e. The number of benzene rings is 1.